The van der Waals surface area contributed by atoms with Crippen molar-refractivity contribution in [1.29, 1.82) is 0 Å². The molecule has 0 radical (unpaired) electrons. The van der Waals surface area contributed by atoms with Gasteiger partial charge in [0, 0.05) is 13.1 Å². The lowest BCUT2D eigenvalue weighted by Gasteiger charge is -2.31. The number of hydrogen-bond acceptors (Lipinski definition) is 11. The van der Waals surface area contributed by atoms with Gasteiger partial charge in [0.15, 0.2) is 29.7 Å². The Kier molecular flexibility index (Phi) is 23.7. The largest absolute Gasteiger partial charge is 0.459 e. The SMILES string of the molecule is CCCCNC(=O)OCC(O)COC(=O)C[N+](C)(C)CCCCCC[N+](C)(C)CC(=O)OCC(O)COC(=O)NCCC[Si](C)(C)O[Si](C)(C)C. The molecule has 300 valence electrons. The second kappa shape index (κ2) is 24.9. The van der Waals surface area contributed by atoms with Gasteiger partial charge in [-0.3, -0.25) is 0 Å². The number of nitrogens with one attached hydrogen (secondary N) is 2. The first-order chi connectivity index (χ1) is 23.5. The van der Waals surface area contributed by atoms with Crippen LogP contribution in [0.1, 0.15) is 51.9 Å². The summed E-state index contributed by atoms with van der Waals surface area (Å²) in [5, 5.41) is 25.4. The third-order valence-electron chi connectivity index (χ3n) is 7.69. The molecule has 0 aromatic rings. The van der Waals surface area contributed by atoms with Gasteiger partial charge in [0.1, 0.15) is 38.6 Å². The first kappa shape index (κ1) is 48.7. The highest BCUT2D eigenvalue weighted by molar-refractivity contribution is 6.84. The van der Waals surface area contributed by atoms with Crippen LogP contribution in [0.25, 0.3) is 0 Å². The summed E-state index contributed by atoms with van der Waals surface area (Å²) in [6.07, 6.45) is 2.88. The molecular formula is C34H72N4O11Si2+2. The number of esters is 2. The molecule has 0 aromatic heterocycles. The van der Waals surface area contributed by atoms with Gasteiger partial charge in [-0.1, -0.05) is 13.3 Å². The van der Waals surface area contributed by atoms with Crippen molar-refractivity contribution in [2.45, 2.75) is 103 Å². The lowest BCUT2D eigenvalue weighted by atomic mass is 10.1. The van der Waals surface area contributed by atoms with Crippen molar-refractivity contribution in [3.8, 4) is 0 Å². The van der Waals surface area contributed by atoms with Gasteiger partial charge in [-0.2, -0.15) is 0 Å². The number of rotatable bonds is 28. The number of carbonyl (C=O) groups is 4. The van der Waals surface area contributed by atoms with Gasteiger partial charge in [0.05, 0.1) is 41.3 Å². The molecule has 0 aromatic carbocycles. The maximum Gasteiger partial charge on any atom is 0.407 e. The van der Waals surface area contributed by atoms with E-state index >= 15 is 0 Å². The molecule has 51 heavy (non-hydrogen) atoms. The van der Waals surface area contributed by atoms with E-state index in [9.17, 15) is 29.4 Å². The van der Waals surface area contributed by atoms with Gasteiger partial charge in [0.2, 0.25) is 0 Å². The molecule has 0 aliphatic carbocycles. The number of alkyl carbamates (subject to hydrolysis) is 2. The summed E-state index contributed by atoms with van der Waals surface area (Å²) in [7, 11) is 4.41. The minimum atomic E-state index is -1.77. The fourth-order valence-electron chi connectivity index (χ4n) is 5.25. The Balaban J connectivity index is 4.10. The predicted molar refractivity (Wildman–Crippen MR) is 201 cm³/mol. The predicted octanol–water partition coefficient (Wildman–Crippen LogP) is 3.21. The number of quaternary nitrogens is 2. The minimum Gasteiger partial charge on any atom is -0.459 e. The van der Waals surface area contributed by atoms with Crippen molar-refractivity contribution in [1.82, 2.24) is 10.6 Å². The Morgan fingerprint density at radius 3 is 1.39 bits per heavy atom. The summed E-state index contributed by atoms with van der Waals surface area (Å²) in [6.45, 7) is 14.7. The molecular weight excluding hydrogens is 697 g/mol. The van der Waals surface area contributed by atoms with Crippen LogP contribution in [0.15, 0.2) is 0 Å². The smallest absolute Gasteiger partial charge is 0.407 e. The molecule has 2 atom stereocenters. The topological polar surface area (TPSA) is 179 Å². The van der Waals surface area contributed by atoms with Crippen LogP contribution in [-0.4, -0.2) is 166 Å². The maximum atomic E-state index is 12.4. The molecule has 0 bridgehead atoms. The molecule has 0 heterocycles. The van der Waals surface area contributed by atoms with Gasteiger partial charge in [0.25, 0.3) is 0 Å². The zero-order chi connectivity index (χ0) is 39.1. The summed E-state index contributed by atoms with van der Waals surface area (Å²) < 4.78 is 27.6. The standard InChI is InChI=1S/C34H70N4O11Si2/c1-11-12-18-35-33(43)47-27-29(39)25-45-31(41)23-37(2,3)20-15-13-14-16-21-38(4,5)24-32(42)46-26-30(40)28-48-34(44)36-19-17-22-51(9,10)49-50(6,7)8/h29-30,39-40H,11-28H2,1-10H3/p+2. The molecule has 0 fully saturated rings. The second-order valence-electron chi connectivity index (χ2n) is 16.2. The number of amides is 2. The van der Waals surface area contributed by atoms with Crippen molar-refractivity contribution in [3.63, 3.8) is 0 Å². The number of carbonyl (C=O) groups excluding carboxylic acids is 4. The highest BCUT2D eigenvalue weighted by atomic mass is 28.4. The zero-order valence-electron chi connectivity index (χ0n) is 33.3. The fraction of sp³-hybridized carbons (Fsp3) is 0.882. The van der Waals surface area contributed by atoms with E-state index in [1.54, 1.807) is 0 Å². The molecule has 2 unspecified atom stereocenters. The monoisotopic (exact) mass is 768 g/mol. The van der Waals surface area contributed by atoms with E-state index in [0.29, 0.717) is 22.1 Å². The van der Waals surface area contributed by atoms with E-state index in [2.05, 4.69) is 43.4 Å². The summed E-state index contributed by atoms with van der Waals surface area (Å²) in [6, 6.07) is 0.929. The highest BCUT2D eigenvalue weighted by Crippen LogP contribution is 2.19. The molecule has 0 aliphatic rings. The molecule has 2 amide bonds. The minimum absolute atomic E-state index is 0.147. The first-order valence-corrected chi connectivity index (χ1v) is 24.9. The number of nitrogens with zero attached hydrogens (tertiary/aromatic N) is 2. The summed E-state index contributed by atoms with van der Waals surface area (Å²) in [5.74, 6) is -0.867. The molecule has 0 saturated heterocycles. The van der Waals surface area contributed by atoms with Crippen LogP contribution in [0.2, 0.25) is 38.8 Å². The van der Waals surface area contributed by atoms with Crippen LogP contribution in [0.3, 0.4) is 0 Å². The average molecular weight is 769 g/mol. The number of likely N-dealkylation sites (N-methyl/N-ethyl adjacent to an activating group) is 2. The highest BCUT2D eigenvalue weighted by Gasteiger charge is 2.29. The van der Waals surface area contributed by atoms with E-state index in [-0.39, 0.29) is 39.5 Å². The van der Waals surface area contributed by atoms with Crippen molar-refractivity contribution >= 4 is 40.8 Å². The fourth-order valence-corrected chi connectivity index (χ4v) is 13.3. The Hall–Kier alpha value is -2.29. The zero-order valence-corrected chi connectivity index (χ0v) is 35.3. The second-order valence-corrected chi connectivity index (χ2v) is 25.3. The summed E-state index contributed by atoms with van der Waals surface area (Å²) >= 11 is 0. The van der Waals surface area contributed by atoms with Crippen LogP contribution in [0, 0.1) is 0 Å². The normalized spacial score (nSPS) is 13.6. The molecule has 0 saturated carbocycles. The molecule has 0 aliphatic heterocycles. The van der Waals surface area contributed by atoms with Gasteiger partial charge < -0.3 is 52.9 Å². The summed E-state index contributed by atoms with van der Waals surface area (Å²) in [5.41, 5.74) is 0. The maximum absolute atomic E-state index is 12.4. The Morgan fingerprint density at radius 2 is 1.00 bits per heavy atom. The summed E-state index contributed by atoms with van der Waals surface area (Å²) in [4.78, 5) is 48.3. The lowest BCUT2D eigenvalue weighted by Crippen LogP contribution is -2.46. The third-order valence-corrected chi connectivity index (χ3v) is 13.9. The van der Waals surface area contributed by atoms with E-state index in [4.69, 9.17) is 23.1 Å². The number of unbranched alkanes of at least 4 members (excludes halogenated alkanes) is 4. The molecule has 4 N–H and O–H groups in total. The molecule has 0 rings (SSSR count). The van der Waals surface area contributed by atoms with Crippen molar-refractivity contribution < 1.29 is 61.4 Å². The number of aliphatic hydroxyl groups is 2. The van der Waals surface area contributed by atoms with E-state index < -0.39 is 53.0 Å². The van der Waals surface area contributed by atoms with Gasteiger partial charge >= 0.3 is 24.1 Å². The number of aliphatic hydroxyl groups excluding tert-OH is 2. The van der Waals surface area contributed by atoms with Crippen LogP contribution >= 0.6 is 0 Å². The van der Waals surface area contributed by atoms with Crippen molar-refractivity contribution in [2.24, 2.45) is 0 Å². The lowest BCUT2D eigenvalue weighted by molar-refractivity contribution is -0.884. The van der Waals surface area contributed by atoms with Gasteiger partial charge in [-0.25, -0.2) is 19.2 Å². The first-order valence-electron chi connectivity index (χ1n) is 18.4. The van der Waals surface area contributed by atoms with Crippen LogP contribution in [-0.2, 0) is 32.7 Å². The Morgan fingerprint density at radius 1 is 0.608 bits per heavy atom. The van der Waals surface area contributed by atoms with Crippen molar-refractivity contribution in [2.75, 3.05) is 93.9 Å². The van der Waals surface area contributed by atoms with Crippen LogP contribution < -0.4 is 10.6 Å². The van der Waals surface area contributed by atoms with Crippen molar-refractivity contribution in [3.05, 3.63) is 0 Å². The molecule has 17 heteroatoms. The van der Waals surface area contributed by atoms with Crippen LogP contribution in [0.5, 0.6) is 0 Å². The van der Waals surface area contributed by atoms with E-state index in [1.165, 1.54) is 0 Å². The average Bonchev–Trinajstić information content (AvgIpc) is 2.99. The van der Waals surface area contributed by atoms with E-state index in [1.807, 2.05) is 35.1 Å². The van der Waals surface area contributed by atoms with Gasteiger partial charge in [-0.05, 0) is 77.3 Å². The number of ether oxygens (including phenoxy) is 4. The quantitative estimate of drug-likeness (QED) is 0.0302. The van der Waals surface area contributed by atoms with E-state index in [0.717, 1.165) is 64.1 Å². The number of hydrogen-bond donors (Lipinski definition) is 4. The van der Waals surface area contributed by atoms with Crippen LogP contribution in [0.4, 0.5) is 9.59 Å². The Bertz CT molecular complexity index is 1030. The molecule has 0 spiro atoms. The third kappa shape index (κ3) is 29.9. The Labute approximate surface area is 309 Å². The van der Waals surface area contributed by atoms with Gasteiger partial charge in [-0.15, -0.1) is 0 Å². The molecule has 15 nitrogen and oxygen atoms in total.